The van der Waals surface area contributed by atoms with Crippen LogP contribution in [0.15, 0.2) is 0 Å². The summed E-state index contributed by atoms with van der Waals surface area (Å²) in [5, 5.41) is 0. The fourth-order valence-electron chi connectivity index (χ4n) is 3.85. The van der Waals surface area contributed by atoms with Gasteiger partial charge in [0.25, 0.3) is 0 Å². The van der Waals surface area contributed by atoms with Crippen molar-refractivity contribution in [3.63, 3.8) is 0 Å². The van der Waals surface area contributed by atoms with Crippen molar-refractivity contribution in [3.05, 3.63) is 0 Å². The zero-order valence-corrected chi connectivity index (χ0v) is 11.8. The molecule has 98 valence electrons. The van der Waals surface area contributed by atoms with E-state index in [4.69, 9.17) is 0 Å². The van der Waals surface area contributed by atoms with Gasteiger partial charge in [-0.1, -0.05) is 13.3 Å². The molecule has 17 heavy (non-hydrogen) atoms. The number of likely N-dealkylation sites (N-methyl/N-ethyl adjacent to an activating group) is 1. The van der Waals surface area contributed by atoms with E-state index in [0.717, 1.165) is 24.7 Å². The molecule has 4 unspecified atom stereocenters. The van der Waals surface area contributed by atoms with Gasteiger partial charge in [-0.2, -0.15) is 0 Å². The first-order valence-corrected chi connectivity index (χ1v) is 7.18. The third kappa shape index (κ3) is 2.29. The van der Waals surface area contributed by atoms with E-state index in [1.165, 1.54) is 25.7 Å². The van der Waals surface area contributed by atoms with Gasteiger partial charge >= 0.3 is 0 Å². The summed E-state index contributed by atoms with van der Waals surface area (Å²) in [6.45, 7) is 4.22. The van der Waals surface area contributed by atoms with Gasteiger partial charge in [-0.3, -0.25) is 9.69 Å². The largest absolute Gasteiger partial charge is 0.298 e. The van der Waals surface area contributed by atoms with Crippen LogP contribution in [0.5, 0.6) is 0 Å². The van der Waals surface area contributed by atoms with Gasteiger partial charge < -0.3 is 0 Å². The lowest BCUT2D eigenvalue weighted by atomic mass is 9.80. The summed E-state index contributed by atoms with van der Waals surface area (Å²) in [4.78, 5) is 14.6. The number of ketones is 1. The third-order valence-electron chi connectivity index (χ3n) is 5.61. The minimum atomic E-state index is -0.248. The molecule has 2 nitrogen and oxygen atoms in total. The highest BCUT2D eigenvalue weighted by Gasteiger charge is 2.43. The fraction of sp³-hybridized carbons (Fsp3) is 0.933. The summed E-state index contributed by atoms with van der Waals surface area (Å²) in [6.07, 6.45) is 7.28. The molecule has 4 atom stereocenters. The molecule has 2 saturated carbocycles. The lowest BCUT2D eigenvalue weighted by Crippen LogP contribution is -2.48. The maximum absolute atomic E-state index is 12.5. The van der Waals surface area contributed by atoms with Crippen molar-refractivity contribution in [2.24, 2.45) is 17.8 Å². The van der Waals surface area contributed by atoms with Crippen LogP contribution >= 0.6 is 0 Å². The van der Waals surface area contributed by atoms with E-state index in [-0.39, 0.29) is 5.54 Å². The second kappa shape index (κ2) is 4.72. The number of Topliss-reactive ketones (excluding diaryl/α,β-unsaturated/α-hetero) is 1. The molecule has 0 aromatic rings. The second-order valence-electron chi connectivity index (χ2n) is 6.58. The molecule has 2 bridgehead atoms. The monoisotopic (exact) mass is 237 g/mol. The molecule has 2 rings (SSSR count). The lowest BCUT2D eigenvalue weighted by Gasteiger charge is -2.35. The number of carbonyl (C=O) groups excluding carboxylic acids is 1. The topological polar surface area (TPSA) is 20.3 Å². The van der Waals surface area contributed by atoms with Crippen LogP contribution in [0.25, 0.3) is 0 Å². The number of fused-ring (bicyclic) bond motifs is 2. The molecule has 2 heteroatoms. The van der Waals surface area contributed by atoms with Crippen molar-refractivity contribution in [2.45, 2.75) is 57.9 Å². The van der Waals surface area contributed by atoms with Gasteiger partial charge in [-0.15, -0.1) is 0 Å². The van der Waals surface area contributed by atoms with Gasteiger partial charge in [-0.05, 0) is 64.5 Å². The van der Waals surface area contributed by atoms with Gasteiger partial charge in [0.05, 0.1) is 5.54 Å². The second-order valence-corrected chi connectivity index (χ2v) is 6.58. The Hall–Kier alpha value is -0.370. The van der Waals surface area contributed by atoms with Gasteiger partial charge in [0.15, 0.2) is 5.78 Å². The molecule has 2 aliphatic rings. The predicted octanol–water partition coefficient (Wildman–Crippen LogP) is 3.11. The number of nitrogens with zero attached hydrogens (tertiary/aromatic N) is 1. The quantitative estimate of drug-likeness (QED) is 0.732. The minimum absolute atomic E-state index is 0.248. The molecule has 0 aromatic carbocycles. The van der Waals surface area contributed by atoms with Crippen LogP contribution in [-0.2, 0) is 4.79 Å². The molecule has 0 spiro atoms. The number of hydrogen-bond donors (Lipinski definition) is 0. The highest BCUT2D eigenvalue weighted by Crippen LogP contribution is 2.50. The molecule has 0 heterocycles. The van der Waals surface area contributed by atoms with Crippen LogP contribution in [0, 0.1) is 17.8 Å². The Morgan fingerprint density at radius 1 is 1.29 bits per heavy atom. The van der Waals surface area contributed by atoms with Crippen LogP contribution in [0.4, 0.5) is 0 Å². The first-order chi connectivity index (χ1) is 7.97. The zero-order chi connectivity index (χ0) is 12.6. The first-order valence-electron chi connectivity index (χ1n) is 7.18. The van der Waals surface area contributed by atoms with Crippen molar-refractivity contribution in [3.8, 4) is 0 Å². The summed E-state index contributed by atoms with van der Waals surface area (Å²) in [7, 11) is 4.06. The summed E-state index contributed by atoms with van der Waals surface area (Å²) in [5.41, 5.74) is -0.248. The van der Waals surface area contributed by atoms with Crippen molar-refractivity contribution in [1.82, 2.24) is 4.90 Å². The Labute approximate surface area is 106 Å². The SMILES string of the molecule is CCC(C)(C(=O)CC1CC2CCC1C2)N(C)C. The average molecular weight is 237 g/mol. The Balaban J connectivity index is 1.97. The summed E-state index contributed by atoms with van der Waals surface area (Å²) >= 11 is 0. The van der Waals surface area contributed by atoms with Crippen molar-refractivity contribution < 1.29 is 4.79 Å². The van der Waals surface area contributed by atoms with Crippen LogP contribution < -0.4 is 0 Å². The summed E-state index contributed by atoms with van der Waals surface area (Å²) in [5.74, 6) is 2.98. The minimum Gasteiger partial charge on any atom is -0.298 e. The van der Waals surface area contributed by atoms with Gasteiger partial charge in [0, 0.05) is 6.42 Å². The zero-order valence-electron chi connectivity index (χ0n) is 11.8. The maximum Gasteiger partial charge on any atom is 0.153 e. The molecule has 0 amide bonds. The van der Waals surface area contributed by atoms with E-state index in [0.29, 0.717) is 11.7 Å². The summed E-state index contributed by atoms with van der Waals surface area (Å²) < 4.78 is 0. The standard InChI is InChI=1S/C15H27NO/c1-5-15(2,16(3)4)14(17)10-13-9-11-6-7-12(13)8-11/h11-13H,5-10H2,1-4H3. The fourth-order valence-corrected chi connectivity index (χ4v) is 3.85. The Kier molecular flexibility index (Phi) is 3.63. The molecular formula is C15H27NO. The van der Waals surface area contributed by atoms with Crippen molar-refractivity contribution in [2.75, 3.05) is 14.1 Å². The number of hydrogen-bond acceptors (Lipinski definition) is 2. The summed E-state index contributed by atoms with van der Waals surface area (Å²) in [6, 6.07) is 0. The van der Waals surface area contributed by atoms with E-state index in [9.17, 15) is 4.79 Å². The van der Waals surface area contributed by atoms with E-state index < -0.39 is 0 Å². The van der Waals surface area contributed by atoms with Crippen molar-refractivity contribution >= 4 is 5.78 Å². The average Bonchev–Trinajstić information content (AvgIpc) is 2.89. The van der Waals surface area contributed by atoms with Gasteiger partial charge in [0.1, 0.15) is 0 Å². The van der Waals surface area contributed by atoms with Crippen LogP contribution in [0.3, 0.4) is 0 Å². The molecule has 0 aromatic heterocycles. The molecular weight excluding hydrogens is 210 g/mol. The third-order valence-corrected chi connectivity index (χ3v) is 5.61. The van der Waals surface area contributed by atoms with E-state index in [1.807, 2.05) is 14.1 Å². The van der Waals surface area contributed by atoms with Crippen LogP contribution in [0.1, 0.15) is 52.4 Å². The molecule has 0 N–H and O–H groups in total. The van der Waals surface area contributed by atoms with E-state index in [2.05, 4.69) is 18.7 Å². The van der Waals surface area contributed by atoms with E-state index >= 15 is 0 Å². The predicted molar refractivity (Wildman–Crippen MR) is 70.9 cm³/mol. The molecule has 0 aliphatic heterocycles. The Bertz CT molecular complexity index is 299. The molecule has 0 saturated heterocycles. The highest BCUT2D eigenvalue weighted by atomic mass is 16.1. The van der Waals surface area contributed by atoms with Crippen LogP contribution in [0.2, 0.25) is 0 Å². The Morgan fingerprint density at radius 2 is 2.00 bits per heavy atom. The maximum atomic E-state index is 12.5. The van der Waals surface area contributed by atoms with E-state index in [1.54, 1.807) is 0 Å². The molecule has 2 aliphatic carbocycles. The Morgan fingerprint density at radius 3 is 2.41 bits per heavy atom. The molecule has 2 fully saturated rings. The number of rotatable bonds is 5. The first kappa shape index (κ1) is 13.1. The van der Waals surface area contributed by atoms with Gasteiger partial charge in [-0.25, -0.2) is 0 Å². The van der Waals surface area contributed by atoms with Crippen molar-refractivity contribution in [1.29, 1.82) is 0 Å². The smallest absolute Gasteiger partial charge is 0.153 e. The molecule has 0 radical (unpaired) electrons. The van der Waals surface area contributed by atoms with Crippen LogP contribution in [-0.4, -0.2) is 30.3 Å². The van der Waals surface area contributed by atoms with Gasteiger partial charge in [0.2, 0.25) is 0 Å². The normalized spacial score (nSPS) is 35.2. The highest BCUT2D eigenvalue weighted by molar-refractivity contribution is 5.88. The lowest BCUT2D eigenvalue weighted by molar-refractivity contribution is -0.130. The number of carbonyl (C=O) groups is 1.